The minimum atomic E-state index is -0.0614. The monoisotopic (exact) mass is 472 g/mol. The van der Waals surface area contributed by atoms with Gasteiger partial charge in [0.2, 0.25) is 0 Å². The minimum Gasteiger partial charge on any atom is -0.376 e. The Morgan fingerprint density at radius 2 is 2.06 bits per heavy atom. The first-order valence-electron chi connectivity index (χ1n) is 11.6. The number of carbonyl (C=O) groups excluding carboxylic acids is 1. The number of nitrogens with zero attached hydrogens (tertiary/aromatic N) is 3. The van der Waals surface area contributed by atoms with E-state index in [4.69, 9.17) is 9.72 Å². The SMILES string of the molecule is Cc1cccc(CSc2nc3ccncc3n2Cc2ccc(C(=O)NCC3CCCO3)cc2)c1. The first-order valence-corrected chi connectivity index (χ1v) is 12.6. The van der Waals surface area contributed by atoms with Crippen LogP contribution in [0, 0.1) is 6.92 Å². The normalized spacial score (nSPS) is 15.6. The van der Waals surface area contributed by atoms with Gasteiger partial charge in [-0.3, -0.25) is 9.78 Å². The molecule has 2 aromatic carbocycles. The Morgan fingerprint density at radius 3 is 2.85 bits per heavy atom. The molecule has 1 unspecified atom stereocenters. The second-order valence-electron chi connectivity index (χ2n) is 8.66. The number of thioether (sulfide) groups is 1. The number of amides is 1. The second-order valence-corrected chi connectivity index (χ2v) is 9.61. The Bertz CT molecular complexity index is 1280. The van der Waals surface area contributed by atoms with Crippen LogP contribution in [0.3, 0.4) is 0 Å². The van der Waals surface area contributed by atoms with Crippen molar-refractivity contribution in [2.45, 2.75) is 43.3 Å². The maximum absolute atomic E-state index is 12.5. The fourth-order valence-corrected chi connectivity index (χ4v) is 5.18. The molecule has 0 saturated carbocycles. The van der Waals surface area contributed by atoms with Gasteiger partial charge in [0.15, 0.2) is 5.16 Å². The van der Waals surface area contributed by atoms with Crippen LogP contribution in [-0.2, 0) is 17.0 Å². The zero-order valence-electron chi connectivity index (χ0n) is 19.2. The van der Waals surface area contributed by atoms with E-state index in [0.717, 1.165) is 47.0 Å². The number of benzene rings is 2. The lowest BCUT2D eigenvalue weighted by Gasteiger charge is -2.12. The zero-order valence-corrected chi connectivity index (χ0v) is 20.1. The van der Waals surface area contributed by atoms with Gasteiger partial charge in [0, 0.05) is 30.7 Å². The van der Waals surface area contributed by atoms with E-state index < -0.39 is 0 Å². The summed E-state index contributed by atoms with van der Waals surface area (Å²) in [6, 6.07) is 18.3. The van der Waals surface area contributed by atoms with Gasteiger partial charge in [-0.15, -0.1) is 0 Å². The molecule has 1 amide bonds. The van der Waals surface area contributed by atoms with Crippen LogP contribution in [0.1, 0.15) is 39.9 Å². The molecule has 5 rings (SSSR count). The largest absolute Gasteiger partial charge is 0.376 e. The summed E-state index contributed by atoms with van der Waals surface area (Å²) in [6.07, 6.45) is 5.86. The zero-order chi connectivity index (χ0) is 23.3. The van der Waals surface area contributed by atoms with Crippen LogP contribution in [-0.4, -0.2) is 39.7 Å². The van der Waals surface area contributed by atoms with Crippen molar-refractivity contribution < 1.29 is 9.53 Å². The Morgan fingerprint density at radius 1 is 1.18 bits per heavy atom. The smallest absolute Gasteiger partial charge is 0.251 e. The van der Waals surface area contributed by atoms with Gasteiger partial charge in [0.1, 0.15) is 0 Å². The molecule has 4 aromatic rings. The van der Waals surface area contributed by atoms with E-state index in [2.05, 4.69) is 46.1 Å². The predicted octanol–water partition coefficient (Wildman–Crippen LogP) is 4.99. The molecule has 7 heteroatoms. The van der Waals surface area contributed by atoms with Gasteiger partial charge in [-0.1, -0.05) is 53.7 Å². The van der Waals surface area contributed by atoms with E-state index in [9.17, 15) is 4.79 Å². The van der Waals surface area contributed by atoms with Crippen molar-refractivity contribution in [2.24, 2.45) is 0 Å². The van der Waals surface area contributed by atoms with Crippen molar-refractivity contribution in [2.75, 3.05) is 13.2 Å². The van der Waals surface area contributed by atoms with Crippen LogP contribution >= 0.6 is 11.8 Å². The predicted molar refractivity (Wildman–Crippen MR) is 135 cm³/mol. The van der Waals surface area contributed by atoms with Crippen LogP contribution in [0.15, 0.2) is 72.1 Å². The van der Waals surface area contributed by atoms with Crippen LogP contribution < -0.4 is 5.32 Å². The van der Waals surface area contributed by atoms with Crippen LogP contribution in [0.2, 0.25) is 0 Å². The van der Waals surface area contributed by atoms with Crippen molar-refractivity contribution in [1.82, 2.24) is 19.9 Å². The summed E-state index contributed by atoms with van der Waals surface area (Å²) in [5.41, 5.74) is 6.25. The highest BCUT2D eigenvalue weighted by Crippen LogP contribution is 2.27. The van der Waals surface area contributed by atoms with Crippen molar-refractivity contribution in [3.8, 4) is 0 Å². The first-order chi connectivity index (χ1) is 16.7. The molecule has 1 N–H and O–H groups in total. The summed E-state index contributed by atoms with van der Waals surface area (Å²) in [6.45, 7) is 4.13. The Balaban J connectivity index is 1.30. The van der Waals surface area contributed by atoms with Gasteiger partial charge in [0.05, 0.1) is 29.9 Å². The number of aromatic nitrogens is 3. The standard InChI is InChI=1S/C27H28N4O2S/c1-19-4-2-5-21(14-19)18-34-27-30-24-11-12-28-16-25(24)31(27)17-20-7-9-22(10-8-20)26(32)29-15-23-6-3-13-33-23/h2,4-5,7-12,14,16,23H,3,6,13,15,17-18H2,1H3,(H,29,32). The highest BCUT2D eigenvalue weighted by molar-refractivity contribution is 7.98. The number of pyridine rings is 1. The lowest BCUT2D eigenvalue weighted by Crippen LogP contribution is -2.31. The van der Waals surface area contributed by atoms with E-state index in [1.807, 2.05) is 36.5 Å². The number of imidazole rings is 1. The molecular weight excluding hydrogens is 444 g/mol. The maximum atomic E-state index is 12.5. The fourth-order valence-electron chi connectivity index (χ4n) is 4.22. The number of nitrogens with one attached hydrogen (secondary N) is 1. The van der Waals surface area contributed by atoms with Crippen molar-refractivity contribution in [3.05, 3.63) is 89.2 Å². The lowest BCUT2D eigenvalue weighted by molar-refractivity contribution is 0.0858. The Kier molecular flexibility index (Phi) is 6.92. The van der Waals surface area contributed by atoms with Crippen LogP contribution in [0.5, 0.6) is 0 Å². The number of ether oxygens (including phenoxy) is 1. The minimum absolute atomic E-state index is 0.0614. The third-order valence-corrected chi connectivity index (χ3v) is 7.08. The number of hydrogen-bond acceptors (Lipinski definition) is 5. The van der Waals surface area contributed by atoms with Crippen molar-refractivity contribution in [3.63, 3.8) is 0 Å². The van der Waals surface area contributed by atoms with E-state index >= 15 is 0 Å². The fraction of sp³-hybridized carbons (Fsp3) is 0.296. The summed E-state index contributed by atoms with van der Waals surface area (Å²) in [5, 5.41) is 3.95. The molecule has 0 spiro atoms. The lowest BCUT2D eigenvalue weighted by atomic mass is 10.1. The van der Waals surface area contributed by atoms with Crippen LogP contribution in [0.4, 0.5) is 0 Å². The topological polar surface area (TPSA) is 69.0 Å². The van der Waals surface area contributed by atoms with E-state index in [0.29, 0.717) is 18.7 Å². The Hall–Kier alpha value is -3.16. The number of carbonyl (C=O) groups is 1. The third-order valence-electron chi connectivity index (χ3n) is 6.04. The number of rotatable bonds is 8. The molecule has 1 saturated heterocycles. The summed E-state index contributed by atoms with van der Waals surface area (Å²) in [4.78, 5) is 21.7. The van der Waals surface area contributed by atoms with Gasteiger partial charge in [-0.25, -0.2) is 4.98 Å². The molecule has 1 atom stereocenters. The van der Waals surface area contributed by atoms with E-state index in [1.54, 1.807) is 18.0 Å². The Labute approximate surface area is 203 Å². The van der Waals surface area contributed by atoms with E-state index in [1.165, 1.54) is 11.1 Å². The molecule has 0 radical (unpaired) electrons. The van der Waals surface area contributed by atoms with Gasteiger partial charge in [0.25, 0.3) is 5.91 Å². The van der Waals surface area contributed by atoms with Crippen molar-refractivity contribution in [1.29, 1.82) is 0 Å². The third kappa shape index (κ3) is 5.32. The van der Waals surface area contributed by atoms with Gasteiger partial charge < -0.3 is 14.6 Å². The summed E-state index contributed by atoms with van der Waals surface area (Å²) in [5.74, 6) is 0.788. The molecule has 0 aliphatic carbocycles. The molecular formula is C27H28N4O2S. The molecule has 3 heterocycles. The second kappa shape index (κ2) is 10.4. The van der Waals surface area contributed by atoms with Gasteiger partial charge >= 0.3 is 0 Å². The van der Waals surface area contributed by atoms with E-state index in [-0.39, 0.29) is 12.0 Å². The summed E-state index contributed by atoms with van der Waals surface area (Å²) in [7, 11) is 0. The average molecular weight is 473 g/mol. The number of fused-ring (bicyclic) bond motifs is 1. The molecule has 6 nitrogen and oxygen atoms in total. The molecule has 1 aliphatic rings. The molecule has 2 aromatic heterocycles. The number of aryl methyl sites for hydroxylation is 1. The van der Waals surface area contributed by atoms with Crippen LogP contribution in [0.25, 0.3) is 11.0 Å². The molecule has 1 fully saturated rings. The summed E-state index contributed by atoms with van der Waals surface area (Å²) < 4.78 is 7.79. The summed E-state index contributed by atoms with van der Waals surface area (Å²) >= 11 is 1.73. The first kappa shape index (κ1) is 22.6. The van der Waals surface area contributed by atoms with Gasteiger partial charge in [-0.05, 0) is 49.1 Å². The number of hydrogen-bond donors (Lipinski definition) is 1. The average Bonchev–Trinajstić information content (AvgIpc) is 3.50. The maximum Gasteiger partial charge on any atom is 0.251 e. The van der Waals surface area contributed by atoms with Gasteiger partial charge in [-0.2, -0.15) is 0 Å². The molecule has 0 bridgehead atoms. The molecule has 34 heavy (non-hydrogen) atoms. The quantitative estimate of drug-likeness (QED) is 0.366. The molecule has 174 valence electrons. The molecule has 1 aliphatic heterocycles. The van der Waals surface area contributed by atoms with Crippen molar-refractivity contribution >= 4 is 28.7 Å². The highest BCUT2D eigenvalue weighted by Gasteiger charge is 2.17. The highest BCUT2D eigenvalue weighted by atomic mass is 32.2.